The lowest BCUT2D eigenvalue weighted by atomic mass is 10.1. The van der Waals surface area contributed by atoms with Crippen LogP contribution in [0.2, 0.25) is 0 Å². The molecule has 0 atom stereocenters. The van der Waals surface area contributed by atoms with E-state index in [0.717, 1.165) is 54.0 Å². The standard InChI is InChI=1S/C21H23N5O.C8H8N2/c1-15-12-18(25-10-6-3-7-11-25)19-20(23-15)24(2)21(27)26(19)14-17-9-5-4-8-16(17)13-22;9-5-7-3-1-2-4-8(7)6-10/h4-5,8-9,12H,3,6-7,10-11,14H2,1-2H3;1-4H,5,9H2. The van der Waals surface area contributed by atoms with Crippen molar-refractivity contribution in [2.45, 2.75) is 39.3 Å². The van der Waals surface area contributed by atoms with Gasteiger partial charge in [0.05, 0.1) is 35.5 Å². The Balaban J connectivity index is 0.000000270. The largest absolute Gasteiger partial charge is 0.370 e. The SMILES string of the molecule is Cc1cc(N2CCCCC2)c2c(n1)n(C)c(=O)n2Cc1ccccc1C#N.N#Cc1ccccc1CN. The van der Waals surface area contributed by atoms with Crippen molar-refractivity contribution in [1.29, 1.82) is 10.5 Å². The van der Waals surface area contributed by atoms with Crippen LogP contribution in [-0.4, -0.2) is 27.2 Å². The zero-order valence-corrected chi connectivity index (χ0v) is 21.3. The zero-order chi connectivity index (χ0) is 26.4. The van der Waals surface area contributed by atoms with Crippen molar-refractivity contribution in [2.24, 2.45) is 12.8 Å². The van der Waals surface area contributed by atoms with E-state index in [4.69, 9.17) is 11.0 Å². The van der Waals surface area contributed by atoms with E-state index < -0.39 is 0 Å². The molecular weight excluding hydrogens is 462 g/mol. The molecule has 0 spiro atoms. The minimum absolute atomic E-state index is 0.103. The lowest BCUT2D eigenvalue weighted by Crippen LogP contribution is -2.30. The van der Waals surface area contributed by atoms with Crippen LogP contribution in [0.15, 0.2) is 59.4 Å². The Kier molecular flexibility index (Phi) is 8.02. The molecule has 1 fully saturated rings. The smallest absolute Gasteiger partial charge is 0.330 e. The number of aromatic nitrogens is 3. The second-order valence-corrected chi connectivity index (χ2v) is 9.17. The highest BCUT2D eigenvalue weighted by molar-refractivity contribution is 5.87. The van der Waals surface area contributed by atoms with Crippen LogP contribution in [0.5, 0.6) is 0 Å². The fraction of sp³-hybridized carbons (Fsp3) is 0.310. The quantitative estimate of drug-likeness (QED) is 0.460. The monoisotopic (exact) mass is 493 g/mol. The van der Waals surface area contributed by atoms with E-state index in [1.165, 1.54) is 6.42 Å². The Morgan fingerprint density at radius 1 is 0.946 bits per heavy atom. The number of rotatable bonds is 4. The average Bonchev–Trinajstić information content (AvgIpc) is 3.18. The summed E-state index contributed by atoms with van der Waals surface area (Å²) < 4.78 is 3.38. The summed E-state index contributed by atoms with van der Waals surface area (Å²) in [5.41, 5.74) is 11.8. The van der Waals surface area contributed by atoms with E-state index in [9.17, 15) is 10.1 Å². The molecule has 3 heterocycles. The van der Waals surface area contributed by atoms with Gasteiger partial charge in [0.1, 0.15) is 5.52 Å². The second kappa shape index (κ2) is 11.6. The summed E-state index contributed by atoms with van der Waals surface area (Å²) in [6, 6.07) is 21.2. The normalized spacial score (nSPS) is 12.9. The first kappa shape index (κ1) is 25.7. The highest BCUT2D eigenvalue weighted by atomic mass is 16.1. The van der Waals surface area contributed by atoms with Crippen molar-refractivity contribution < 1.29 is 0 Å². The number of nitriles is 2. The summed E-state index contributed by atoms with van der Waals surface area (Å²) in [6.07, 6.45) is 3.58. The summed E-state index contributed by atoms with van der Waals surface area (Å²) in [7, 11) is 1.77. The van der Waals surface area contributed by atoms with E-state index in [-0.39, 0.29) is 5.69 Å². The molecule has 0 saturated carbocycles. The molecule has 1 aliphatic heterocycles. The number of nitrogens with zero attached hydrogens (tertiary/aromatic N) is 6. The lowest BCUT2D eigenvalue weighted by Gasteiger charge is -2.29. The van der Waals surface area contributed by atoms with Gasteiger partial charge in [0, 0.05) is 32.4 Å². The van der Waals surface area contributed by atoms with Crippen molar-refractivity contribution in [2.75, 3.05) is 18.0 Å². The molecular formula is C29H31N7O. The van der Waals surface area contributed by atoms with E-state index in [1.807, 2.05) is 43.3 Å². The molecule has 0 radical (unpaired) electrons. The van der Waals surface area contributed by atoms with Gasteiger partial charge < -0.3 is 10.6 Å². The highest BCUT2D eigenvalue weighted by Gasteiger charge is 2.22. The second-order valence-electron chi connectivity index (χ2n) is 9.17. The fourth-order valence-corrected chi connectivity index (χ4v) is 4.76. The Morgan fingerprint density at radius 2 is 1.54 bits per heavy atom. The summed E-state index contributed by atoms with van der Waals surface area (Å²) in [6.45, 7) is 4.77. The molecule has 37 heavy (non-hydrogen) atoms. The van der Waals surface area contributed by atoms with Crippen molar-refractivity contribution in [3.8, 4) is 12.1 Å². The van der Waals surface area contributed by atoms with Crippen LogP contribution in [-0.2, 0) is 20.1 Å². The van der Waals surface area contributed by atoms with Crippen LogP contribution in [0, 0.1) is 29.6 Å². The van der Waals surface area contributed by atoms with Gasteiger partial charge >= 0.3 is 5.69 Å². The van der Waals surface area contributed by atoms with Crippen molar-refractivity contribution in [3.63, 3.8) is 0 Å². The molecule has 0 aliphatic carbocycles. The first-order valence-corrected chi connectivity index (χ1v) is 12.5. The molecule has 1 aliphatic rings. The first-order chi connectivity index (χ1) is 18.0. The molecule has 2 N–H and O–H groups in total. The Hall–Kier alpha value is -4.40. The number of imidazole rings is 1. The fourth-order valence-electron chi connectivity index (χ4n) is 4.76. The predicted molar refractivity (Wildman–Crippen MR) is 145 cm³/mol. The van der Waals surface area contributed by atoms with Crippen molar-refractivity contribution in [3.05, 3.63) is 93.0 Å². The average molecular weight is 494 g/mol. The maximum Gasteiger partial charge on any atom is 0.330 e. The molecule has 2 aromatic carbocycles. The van der Waals surface area contributed by atoms with Crippen molar-refractivity contribution >= 4 is 16.9 Å². The molecule has 2 aromatic heterocycles. The third-order valence-corrected chi connectivity index (χ3v) is 6.71. The van der Waals surface area contributed by atoms with Gasteiger partial charge in [-0.15, -0.1) is 0 Å². The molecule has 0 bridgehead atoms. The zero-order valence-electron chi connectivity index (χ0n) is 21.3. The maximum atomic E-state index is 13.0. The number of nitrogens with two attached hydrogens (primary N) is 1. The maximum absolute atomic E-state index is 13.0. The van der Waals surface area contributed by atoms with Gasteiger partial charge in [-0.3, -0.25) is 9.13 Å². The topological polar surface area (TPSA) is 117 Å². The van der Waals surface area contributed by atoms with Gasteiger partial charge in [-0.1, -0.05) is 36.4 Å². The molecule has 4 aromatic rings. The molecule has 8 heteroatoms. The number of hydrogen-bond donors (Lipinski definition) is 1. The summed E-state index contributed by atoms with van der Waals surface area (Å²) in [5, 5.41) is 18.0. The van der Waals surface area contributed by atoms with Gasteiger partial charge in [-0.05, 0) is 55.5 Å². The van der Waals surface area contributed by atoms with Crippen LogP contribution in [0.1, 0.15) is 47.2 Å². The van der Waals surface area contributed by atoms with Gasteiger partial charge in [0.25, 0.3) is 0 Å². The lowest BCUT2D eigenvalue weighted by molar-refractivity contribution is 0.578. The summed E-state index contributed by atoms with van der Waals surface area (Å²) in [5.74, 6) is 0. The van der Waals surface area contributed by atoms with E-state index in [1.54, 1.807) is 28.3 Å². The number of benzene rings is 2. The van der Waals surface area contributed by atoms with Crippen LogP contribution in [0.25, 0.3) is 11.2 Å². The number of fused-ring (bicyclic) bond motifs is 1. The van der Waals surface area contributed by atoms with Crippen LogP contribution in [0.3, 0.4) is 0 Å². The summed E-state index contributed by atoms with van der Waals surface area (Å²) >= 11 is 0. The number of aryl methyl sites for hydroxylation is 2. The number of piperidine rings is 1. The summed E-state index contributed by atoms with van der Waals surface area (Å²) in [4.78, 5) is 20.0. The van der Waals surface area contributed by atoms with Crippen molar-refractivity contribution in [1.82, 2.24) is 14.1 Å². The van der Waals surface area contributed by atoms with Crippen LogP contribution < -0.4 is 16.3 Å². The van der Waals surface area contributed by atoms with E-state index in [2.05, 4.69) is 28.1 Å². The Labute approximate surface area is 216 Å². The third-order valence-electron chi connectivity index (χ3n) is 6.71. The number of hydrogen-bond acceptors (Lipinski definition) is 6. The molecule has 0 amide bonds. The minimum atomic E-state index is -0.103. The van der Waals surface area contributed by atoms with E-state index >= 15 is 0 Å². The molecule has 1 saturated heterocycles. The molecule has 5 rings (SSSR count). The number of anilines is 1. The molecule has 8 nitrogen and oxygen atoms in total. The van der Waals surface area contributed by atoms with Gasteiger partial charge in [0.15, 0.2) is 5.65 Å². The Morgan fingerprint density at radius 3 is 2.14 bits per heavy atom. The van der Waals surface area contributed by atoms with Gasteiger partial charge in [-0.25, -0.2) is 9.78 Å². The first-order valence-electron chi connectivity index (χ1n) is 12.5. The predicted octanol–water partition coefficient (Wildman–Crippen LogP) is 3.97. The third kappa shape index (κ3) is 5.40. The van der Waals surface area contributed by atoms with E-state index in [0.29, 0.717) is 29.9 Å². The van der Waals surface area contributed by atoms with Crippen LogP contribution in [0.4, 0.5) is 5.69 Å². The number of pyridine rings is 1. The molecule has 0 unspecified atom stereocenters. The molecule has 188 valence electrons. The minimum Gasteiger partial charge on any atom is -0.370 e. The highest BCUT2D eigenvalue weighted by Crippen LogP contribution is 2.29. The van der Waals surface area contributed by atoms with Gasteiger partial charge in [0.2, 0.25) is 0 Å². The van der Waals surface area contributed by atoms with Crippen LogP contribution >= 0.6 is 0 Å². The van der Waals surface area contributed by atoms with Gasteiger partial charge in [-0.2, -0.15) is 10.5 Å². The Bertz CT molecular complexity index is 1550.